The van der Waals surface area contributed by atoms with Gasteiger partial charge in [0.05, 0.1) is 113 Å². The van der Waals surface area contributed by atoms with Gasteiger partial charge in [-0.1, -0.05) is 0 Å². The van der Waals surface area contributed by atoms with Crippen molar-refractivity contribution < 1.29 is 57.3 Å². The maximum absolute atomic E-state index is 10.8. The first kappa shape index (κ1) is 30.6. The van der Waals surface area contributed by atoms with Crippen LogP contribution in [0.4, 0.5) is 0 Å². The van der Waals surface area contributed by atoms with E-state index in [-0.39, 0.29) is 19.6 Å². The van der Waals surface area contributed by atoms with E-state index in [9.17, 15) is 9.59 Å². The van der Waals surface area contributed by atoms with Crippen LogP contribution in [-0.2, 0) is 52.2 Å². The highest BCUT2D eigenvalue weighted by Gasteiger charge is 1.99. The Labute approximate surface area is 189 Å². The average molecular weight is 471 g/mol. The third-order valence-corrected chi connectivity index (χ3v) is 3.51. The van der Waals surface area contributed by atoms with Gasteiger partial charge in [-0.2, -0.15) is 0 Å². The fraction of sp³-hybridized carbons (Fsp3) is 0.900. The molecule has 32 heavy (non-hydrogen) atoms. The number of aliphatic carboxylic acids is 1. The van der Waals surface area contributed by atoms with Gasteiger partial charge in [0.1, 0.15) is 6.61 Å². The number of hydrogen-bond donors (Lipinski definition) is 1. The summed E-state index contributed by atoms with van der Waals surface area (Å²) in [5, 5.41) is 8.44. The molecule has 0 fully saturated rings. The molecule has 0 saturated carbocycles. The second-order valence-corrected chi connectivity index (χ2v) is 6.06. The SMILES string of the molecule is COC(=O)COCCOCCOCCOCCOCCOCCOCCOCCC(=O)O. The number of ether oxygens (including phenoxy) is 9. The van der Waals surface area contributed by atoms with Gasteiger partial charge in [-0.25, -0.2) is 4.79 Å². The van der Waals surface area contributed by atoms with Crippen molar-refractivity contribution in [3.63, 3.8) is 0 Å². The van der Waals surface area contributed by atoms with Gasteiger partial charge in [0.15, 0.2) is 0 Å². The summed E-state index contributed by atoms with van der Waals surface area (Å²) in [6, 6.07) is 0. The van der Waals surface area contributed by atoms with Crippen molar-refractivity contribution in [2.24, 2.45) is 0 Å². The van der Waals surface area contributed by atoms with Crippen LogP contribution in [0.3, 0.4) is 0 Å². The van der Waals surface area contributed by atoms with E-state index in [2.05, 4.69) is 4.74 Å². The van der Waals surface area contributed by atoms with Crippen LogP contribution in [0.25, 0.3) is 0 Å². The summed E-state index contributed by atoms with van der Waals surface area (Å²) in [6.07, 6.45) is -0.00338. The Morgan fingerprint density at radius 1 is 0.500 bits per heavy atom. The molecule has 0 aromatic heterocycles. The Kier molecular flexibility index (Phi) is 24.8. The third-order valence-electron chi connectivity index (χ3n) is 3.51. The van der Waals surface area contributed by atoms with Gasteiger partial charge < -0.3 is 47.7 Å². The number of methoxy groups -OCH3 is 1. The first-order valence-corrected chi connectivity index (χ1v) is 10.6. The molecule has 12 nitrogen and oxygen atoms in total. The van der Waals surface area contributed by atoms with E-state index in [0.29, 0.717) is 92.5 Å². The molecular weight excluding hydrogens is 432 g/mol. The summed E-state index contributed by atoms with van der Waals surface area (Å²) >= 11 is 0. The molecule has 0 radical (unpaired) electrons. The highest BCUT2D eigenvalue weighted by molar-refractivity contribution is 5.70. The molecule has 0 aromatic rings. The van der Waals surface area contributed by atoms with Crippen molar-refractivity contribution in [1.29, 1.82) is 0 Å². The number of hydrogen-bond acceptors (Lipinski definition) is 11. The molecule has 0 aliphatic carbocycles. The Balaban J connectivity index is 3.04. The molecule has 0 bridgehead atoms. The molecule has 0 heterocycles. The molecule has 0 aliphatic heterocycles. The summed E-state index contributed by atoms with van der Waals surface area (Å²) in [6.45, 7) is 6.22. The van der Waals surface area contributed by atoms with Crippen molar-refractivity contribution in [3.05, 3.63) is 0 Å². The second kappa shape index (κ2) is 25.9. The Bertz CT molecular complexity index is 421. The molecule has 12 heteroatoms. The van der Waals surface area contributed by atoms with Gasteiger partial charge in [-0.15, -0.1) is 0 Å². The summed E-state index contributed by atoms with van der Waals surface area (Å²) in [4.78, 5) is 21.1. The Morgan fingerprint density at radius 3 is 1.06 bits per heavy atom. The molecule has 0 atom stereocenters. The van der Waals surface area contributed by atoms with E-state index in [0.717, 1.165) is 0 Å². The van der Waals surface area contributed by atoms with Crippen molar-refractivity contribution in [2.75, 3.05) is 113 Å². The van der Waals surface area contributed by atoms with Crippen molar-refractivity contribution in [3.8, 4) is 0 Å². The topological polar surface area (TPSA) is 137 Å². The number of esters is 1. The minimum Gasteiger partial charge on any atom is -0.481 e. The lowest BCUT2D eigenvalue weighted by atomic mass is 10.5. The van der Waals surface area contributed by atoms with E-state index < -0.39 is 11.9 Å². The zero-order valence-corrected chi connectivity index (χ0v) is 19.0. The lowest BCUT2D eigenvalue weighted by Crippen LogP contribution is -2.16. The Morgan fingerprint density at radius 2 is 0.781 bits per heavy atom. The summed E-state index contributed by atoms with van der Waals surface area (Å²) in [5.74, 6) is -1.29. The van der Waals surface area contributed by atoms with E-state index in [1.807, 2.05) is 0 Å². The summed E-state index contributed by atoms with van der Waals surface area (Å²) in [5.41, 5.74) is 0. The van der Waals surface area contributed by atoms with Crippen LogP contribution in [0.15, 0.2) is 0 Å². The molecule has 0 aromatic carbocycles. The quantitative estimate of drug-likeness (QED) is 0.132. The van der Waals surface area contributed by atoms with Crippen molar-refractivity contribution in [2.45, 2.75) is 6.42 Å². The third kappa shape index (κ3) is 26.7. The highest BCUT2D eigenvalue weighted by Crippen LogP contribution is 1.87. The van der Waals surface area contributed by atoms with Crippen LogP contribution in [0.5, 0.6) is 0 Å². The van der Waals surface area contributed by atoms with Crippen LogP contribution in [0.2, 0.25) is 0 Å². The fourth-order valence-corrected chi connectivity index (χ4v) is 1.91. The predicted molar refractivity (Wildman–Crippen MR) is 111 cm³/mol. The molecule has 1 N–H and O–H groups in total. The maximum Gasteiger partial charge on any atom is 0.331 e. The lowest BCUT2D eigenvalue weighted by molar-refractivity contribution is -0.146. The largest absolute Gasteiger partial charge is 0.481 e. The molecule has 0 rings (SSSR count). The Hall–Kier alpha value is -1.38. The van der Waals surface area contributed by atoms with Gasteiger partial charge >= 0.3 is 11.9 Å². The van der Waals surface area contributed by atoms with Gasteiger partial charge in [0, 0.05) is 0 Å². The fourth-order valence-electron chi connectivity index (χ4n) is 1.91. The first-order chi connectivity index (χ1) is 15.7. The number of carbonyl (C=O) groups is 2. The van der Waals surface area contributed by atoms with Crippen molar-refractivity contribution in [1.82, 2.24) is 0 Å². The number of carbonyl (C=O) groups excluding carboxylic acids is 1. The van der Waals surface area contributed by atoms with Crippen LogP contribution in [0, 0.1) is 0 Å². The van der Waals surface area contributed by atoms with Crippen LogP contribution < -0.4 is 0 Å². The number of carboxylic acid groups (broad SMARTS) is 1. The molecule has 0 unspecified atom stereocenters. The van der Waals surface area contributed by atoms with Crippen LogP contribution in [-0.4, -0.2) is 130 Å². The van der Waals surface area contributed by atoms with Gasteiger partial charge in [-0.3, -0.25) is 4.79 Å². The van der Waals surface area contributed by atoms with E-state index in [4.69, 9.17) is 43.0 Å². The predicted octanol–water partition coefficient (Wildman–Crippen LogP) is -0.233. The van der Waals surface area contributed by atoms with E-state index in [1.54, 1.807) is 0 Å². The molecule has 0 amide bonds. The smallest absolute Gasteiger partial charge is 0.331 e. The van der Waals surface area contributed by atoms with Crippen LogP contribution in [0.1, 0.15) is 6.42 Å². The van der Waals surface area contributed by atoms with E-state index in [1.165, 1.54) is 7.11 Å². The minimum absolute atomic E-state index is 0.00338. The average Bonchev–Trinajstić information content (AvgIpc) is 2.78. The molecule has 190 valence electrons. The standard InChI is InChI=1S/C20H38O12/c1-24-20(23)18-32-17-16-31-15-14-30-13-12-29-11-10-28-9-8-27-7-6-26-5-4-25-3-2-19(21)22/h2-18H2,1H3,(H,21,22). The maximum atomic E-state index is 10.8. The molecule has 0 saturated heterocycles. The van der Waals surface area contributed by atoms with Gasteiger partial charge in [-0.05, 0) is 0 Å². The minimum atomic E-state index is -0.877. The molecule has 0 aliphatic rings. The molecular formula is C20H38O12. The van der Waals surface area contributed by atoms with Gasteiger partial charge in [0.25, 0.3) is 0 Å². The zero-order valence-electron chi connectivity index (χ0n) is 19.0. The van der Waals surface area contributed by atoms with E-state index >= 15 is 0 Å². The summed E-state index contributed by atoms with van der Waals surface area (Å²) < 4.78 is 46.6. The summed E-state index contributed by atoms with van der Waals surface area (Å²) in [7, 11) is 1.31. The number of rotatable bonds is 26. The lowest BCUT2D eigenvalue weighted by Gasteiger charge is -2.08. The van der Waals surface area contributed by atoms with Gasteiger partial charge in [0.2, 0.25) is 0 Å². The normalized spacial score (nSPS) is 11.0. The zero-order chi connectivity index (χ0) is 23.5. The number of carboxylic acids is 1. The monoisotopic (exact) mass is 470 g/mol. The first-order valence-electron chi connectivity index (χ1n) is 10.6. The molecule has 0 spiro atoms. The highest BCUT2D eigenvalue weighted by atomic mass is 16.6. The van der Waals surface area contributed by atoms with Crippen LogP contribution >= 0.6 is 0 Å². The van der Waals surface area contributed by atoms with Crippen molar-refractivity contribution >= 4 is 11.9 Å². The second-order valence-electron chi connectivity index (χ2n) is 6.06.